The summed E-state index contributed by atoms with van der Waals surface area (Å²) in [5.74, 6) is -0.175. The van der Waals surface area contributed by atoms with Gasteiger partial charge in [0.1, 0.15) is 12.1 Å². The Morgan fingerprint density at radius 1 is 1.37 bits per heavy atom. The molecule has 1 aromatic rings. The molecular formula is C14H17BrN2O2. The molecule has 1 N–H and O–H groups in total. The van der Waals surface area contributed by atoms with Crippen LogP contribution in [-0.2, 0) is 9.59 Å². The average Bonchev–Trinajstić information content (AvgIpc) is 2.32. The number of hydrogen-bond donors (Lipinski definition) is 1. The Morgan fingerprint density at radius 3 is 2.68 bits per heavy atom. The van der Waals surface area contributed by atoms with Gasteiger partial charge in [-0.25, -0.2) is 0 Å². The number of nitrogens with one attached hydrogen (secondary N) is 1. The number of benzene rings is 1. The first-order valence-electron chi connectivity index (χ1n) is 6.19. The normalized spacial score (nSPS) is 20.1. The van der Waals surface area contributed by atoms with Crippen molar-refractivity contribution in [1.82, 2.24) is 10.2 Å². The number of piperazine rings is 1. The second-order valence-electron chi connectivity index (χ2n) is 5.34. The third-order valence-corrected chi connectivity index (χ3v) is 3.85. The molecule has 0 spiro atoms. The SMILES string of the molecule is CC(c1cccc(Br)c1)N1CC(=O)NC(C)(C)C1=O. The van der Waals surface area contributed by atoms with Crippen LogP contribution < -0.4 is 5.32 Å². The van der Waals surface area contributed by atoms with Crippen LogP contribution in [0.4, 0.5) is 0 Å². The van der Waals surface area contributed by atoms with E-state index >= 15 is 0 Å². The Labute approximate surface area is 121 Å². The lowest BCUT2D eigenvalue weighted by Gasteiger charge is -2.40. The van der Waals surface area contributed by atoms with Gasteiger partial charge in [0.15, 0.2) is 0 Å². The van der Waals surface area contributed by atoms with Crippen LogP contribution in [0.5, 0.6) is 0 Å². The minimum atomic E-state index is -0.838. The lowest BCUT2D eigenvalue weighted by molar-refractivity contribution is -0.150. The number of amides is 2. The van der Waals surface area contributed by atoms with Crippen LogP contribution >= 0.6 is 15.9 Å². The second-order valence-corrected chi connectivity index (χ2v) is 6.25. The minimum Gasteiger partial charge on any atom is -0.341 e. The van der Waals surface area contributed by atoms with Gasteiger partial charge < -0.3 is 10.2 Å². The Morgan fingerprint density at radius 2 is 2.05 bits per heavy atom. The predicted molar refractivity (Wildman–Crippen MR) is 76.5 cm³/mol. The van der Waals surface area contributed by atoms with Gasteiger partial charge in [-0.1, -0.05) is 28.1 Å². The van der Waals surface area contributed by atoms with Crippen LogP contribution in [0.2, 0.25) is 0 Å². The van der Waals surface area contributed by atoms with Gasteiger partial charge in [0.05, 0.1) is 6.04 Å². The summed E-state index contributed by atoms with van der Waals surface area (Å²) in [6.45, 7) is 5.50. The molecule has 1 aliphatic rings. The van der Waals surface area contributed by atoms with E-state index in [0.29, 0.717) is 0 Å². The summed E-state index contributed by atoms with van der Waals surface area (Å²) in [6.07, 6.45) is 0. The second kappa shape index (κ2) is 4.96. The quantitative estimate of drug-likeness (QED) is 0.907. The number of hydrogen-bond acceptors (Lipinski definition) is 2. The summed E-state index contributed by atoms with van der Waals surface area (Å²) in [5, 5.41) is 2.71. The van der Waals surface area contributed by atoms with Gasteiger partial charge >= 0.3 is 0 Å². The molecule has 1 aromatic carbocycles. The van der Waals surface area contributed by atoms with Gasteiger partial charge in [-0.15, -0.1) is 0 Å². The fourth-order valence-corrected chi connectivity index (χ4v) is 2.70. The zero-order chi connectivity index (χ0) is 14.2. The minimum absolute atomic E-state index is 0.0559. The zero-order valence-electron chi connectivity index (χ0n) is 11.2. The van der Waals surface area contributed by atoms with Gasteiger partial charge in [-0.2, -0.15) is 0 Å². The summed E-state index contributed by atoms with van der Waals surface area (Å²) in [7, 11) is 0. The third-order valence-electron chi connectivity index (χ3n) is 3.36. The van der Waals surface area contributed by atoms with Crippen LogP contribution in [0.3, 0.4) is 0 Å². The first-order valence-corrected chi connectivity index (χ1v) is 6.98. The number of rotatable bonds is 2. The smallest absolute Gasteiger partial charge is 0.248 e. The van der Waals surface area contributed by atoms with Crippen LogP contribution in [0.25, 0.3) is 0 Å². The largest absolute Gasteiger partial charge is 0.341 e. The van der Waals surface area contributed by atoms with E-state index in [2.05, 4.69) is 21.2 Å². The highest BCUT2D eigenvalue weighted by molar-refractivity contribution is 9.10. The van der Waals surface area contributed by atoms with Gasteiger partial charge in [0, 0.05) is 4.47 Å². The maximum absolute atomic E-state index is 12.4. The molecule has 1 aliphatic heterocycles. The van der Waals surface area contributed by atoms with Crippen molar-refractivity contribution in [2.75, 3.05) is 6.54 Å². The van der Waals surface area contributed by atoms with Crippen LogP contribution in [0.1, 0.15) is 32.4 Å². The summed E-state index contributed by atoms with van der Waals surface area (Å²) >= 11 is 3.42. The van der Waals surface area contributed by atoms with Gasteiger partial charge in [0.2, 0.25) is 11.8 Å². The predicted octanol–water partition coefficient (Wildman–Crippen LogP) is 2.25. The summed E-state index contributed by atoms with van der Waals surface area (Å²) in [5.41, 5.74) is 0.170. The fourth-order valence-electron chi connectivity index (χ4n) is 2.29. The third kappa shape index (κ3) is 2.81. The van der Waals surface area contributed by atoms with E-state index in [-0.39, 0.29) is 24.4 Å². The molecule has 0 radical (unpaired) electrons. The molecular weight excluding hydrogens is 308 g/mol. The average molecular weight is 325 g/mol. The van der Waals surface area contributed by atoms with E-state index in [9.17, 15) is 9.59 Å². The van der Waals surface area contributed by atoms with Crippen LogP contribution in [-0.4, -0.2) is 28.8 Å². The molecule has 0 aromatic heterocycles. The summed E-state index contributed by atoms with van der Waals surface area (Å²) < 4.78 is 0.963. The molecule has 2 rings (SSSR count). The van der Waals surface area contributed by atoms with Gasteiger partial charge in [-0.3, -0.25) is 9.59 Å². The molecule has 1 saturated heterocycles. The van der Waals surface area contributed by atoms with E-state index in [4.69, 9.17) is 0 Å². The lowest BCUT2D eigenvalue weighted by Crippen LogP contribution is -2.64. The van der Waals surface area contributed by atoms with Crippen molar-refractivity contribution in [1.29, 1.82) is 0 Å². The maximum Gasteiger partial charge on any atom is 0.248 e. The molecule has 1 unspecified atom stereocenters. The first kappa shape index (κ1) is 14.1. The van der Waals surface area contributed by atoms with Gasteiger partial charge in [-0.05, 0) is 38.5 Å². The molecule has 0 saturated carbocycles. The molecule has 1 fully saturated rings. The molecule has 4 nitrogen and oxygen atoms in total. The molecule has 2 amide bonds. The van der Waals surface area contributed by atoms with E-state index in [0.717, 1.165) is 10.0 Å². The zero-order valence-corrected chi connectivity index (χ0v) is 12.8. The van der Waals surface area contributed by atoms with Crippen molar-refractivity contribution in [3.8, 4) is 0 Å². The molecule has 19 heavy (non-hydrogen) atoms. The monoisotopic (exact) mass is 324 g/mol. The van der Waals surface area contributed by atoms with Crippen molar-refractivity contribution in [2.45, 2.75) is 32.4 Å². The van der Waals surface area contributed by atoms with E-state index in [1.165, 1.54) is 0 Å². The van der Waals surface area contributed by atoms with Gasteiger partial charge in [0.25, 0.3) is 0 Å². The van der Waals surface area contributed by atoms with Crippen molar-refractivity contribution < 1.29 is 9.59 Å². The standard InChI is InChI=1S/C14H17BrN2O2/c1-9(10-5-4-6-11(15)7-10)17-8-12(18)16-14(2,3)13(17)19/h4-7,9H,8H2,1-3H3,(H,16,18). The van der Waals surface area contributed by atoms with Crippen LogP contribution in [0.15, 0.2) is 28.7 Å². The highest BCUT2D eigenvalue weighted by Crippen LogP contribution is 2.27. The Hall–Kier alpha value is -1.36. The topological polar surface area (TPSA) is 49.4 Å². The maximum atomic E-state index is 12.4. The molecule has 1 atom stereocenters. The Kier molecular flexibility index (Phi) is 3.67. The highest BCUT2D eigenvalue weighted by Gasteiger charge is 2.41. The molecule has 5 heteroatoms. The fraction of sp³-hybridized carbons (Fsp3) is 0.429. The van der Waals surface area contributed by atoms with E-state index < -0.39 is 5.54 Å². The first-order chi connectivity index (χ1) is 8.81. The highest BCUT2D eigenvalue weighted by atomic mass is 79.9. The van der Waals surface area contributed by atoms with Crippen molar-refractivity contribution >= 4 is 27.7 Å². The lowest BCUT2D eigenvalue weighted by atomic mass is 9.97. The molecule has 0 aliphatic carbocycles. The summed E-state index contributed by atoms with van der Waals surface area (Å²) in [4.78, 5) is 25.7. The molecule has 1 heterocycles. The molecule has 0 bridgehead atoms. The molecule has 102 valence electrons. The van der Waals surface area contributed by atoms with Crippen molar-refractivity contribution in [3.05, 3.63) is 34.3 Å². The van der Waals surface area contributed by atoms with E-state index in [1.54, 1.807) is 18.7 Å². The Bertz CT molecular complexity index is 528. The van der Waals surface area contributed by atoms with Crippen molar-refractivity contribution in [2.24, 2.45) is 0 Å². The Balaban J connectivity index is 2.30. The number of carbonyl (C=O) groups excluding carboxylic acids is 2. The summed E-state index contributed by atoms with van der Waals surface area (Å²) in [6, 6.07) is 7.66. The van der Waals surface area contributed by atoms with E-state index in [1.807, 2.05) is 31.2 Å². The number of nitrogens with zero attached hydrogens (tertiary/aromatic N) is 1. The van der Waals surface area contributed by atoms with Crippen LogP contribution in [0, 0.1) is 0 Å². The number of halogens is 1. The number of carbonyl (C=O) groups is 2. The van der Waals surface area contributed by atoms with Crippen molar-refractivity contribution in [3.63, 3.8) is 0 Å².